The topological polar surface area (TPSA) is 48.1 Å². The molecule has 0 spiro atoms. The molecule has 0 radical (unpaired) electrons. The van der Waals surface area contributed by atoms with E-state index < -0.39 is 0 Å². The van der Waals surface area contributed by atoms with E-state index in [0.717, 1.165) is 11.4 Å². The highest BCUT2D eigenvalue weighted by Gasteiger charge is 1.98. The Balaban J connectivity index is 1.98. The minimum absolute atomic E-state index is 0.441. The molecule has 0 aliphatic carbocycles. The van der Waals surface area contributed by atoms with Crippen LogP contribution in [0.2, 0.25) is 0 Å². The molecule has 2 rings (SSSR count). The molecule has 0 bridgehead atoms. The van der Waals surface area contributed by atoms with Crippen LogP contribution in [0.1, 0.15) is 10.6 Å². The molecule has 0 fully saturated rings. The van der Waals surface area contributed by atoms with E-state index >= 15 is 0 Å². The van der Waals surface area contributed by atoms with E-state index in [9.17, 15) is 0 Å². The quantitative estimate of drug-likeness (QED) is 0.859. The third-order valence-corrected chi connectivity index (χ3v) is 2.81. The molecule has 2 aromatic rings. The van der Waals surface area contributed by atoms with Gasteiger partial charge in [-0.1, -0.05) is 6.07 Å². The number of pyridine rings is 1. The Morgan fingerprint density at radius 3 is 3.07 bits per heavy atom. The van der Waals surface area contributed by atoms with Crippen LogP contribution < -0.4 is 10.5 Å². The second kappa shape index (κ2) is 4.91. The summed E-state index contributed by atoms with van der Waals surface area (Å²) in [5.41, 5.74) is 6.34. The van der Waals surface area contributed by atoms with Crippen molar-refractivity contribution >= 4 is 11.3 Å². The lowest BCUT2D eigenvalue weighted by Crippen LogP contribution is -2.00. The van der Waals surface area contributed by atoms with Gasteiger partial charge < -0.3 is 10.5 Å². The Kier molecular flexibility index (Phi) is 3.32. The third-order valence-electron chi connectivity index (χ3n) is 1.96. The molecule has 0 amide bonds. The molecule has 0 saturated carbocycles. The first-order chi connectivity index (χ1) is 7.38. The fourth-order valence-electron chi connectivity index (χ4n) is 1.21. The summed E-state index contributed by atoms with van der Waals surface area (Å²) in [7, 11) is 0. The minimum atomic E-state index is 0.441. The van der Waals surface area contributed by atoms with Gasteiger partial charge in [0.05, 0.1) is 5.69 Å². The van der Waals surface area contributed by atoms with Gasteiger partial charge >= 0.3 is 0 Å². The van der Waals surface area contributed by atoms with Crippen LogP contribution in [0, 0.1) is 0 Å². The summed E-state index contributed by atoms with van der Waals surface area (Å²) in [5.74, 6) is 0.818. The number of thiophene rings is 1. The Morgan fingerprint density at radius 1 is 1.40 bits per heavy atom. The number of nitrogens with zero attached hydrogens (tertiary/aromatic N) is 1. The van der Waals surface area contributed by atoms with Crippen molar-refractivity contribution in [3.8, 4) is 5.75 Å². The molecule has 0 unspecified atom stereocenters. The lowest BCUT2D eigenvalue weighted by atomic mass is 10.3. The fourth-order valence-corrected chi connectivity index (χ4v) is 1.82. The average Bonchev–Trinajstić information content (AvgIpc) is 2.79. The molecule has 2 heterocycles. The van der Waals surface area contributed by atoms with Gasteiger partial charge in [0.1, 0.15) is 12.4 Å². The van der Waals surface area contributed by atoms with Gasteiger partial charge in [0.25, 0.3) is 0 Å². The van der Waals surface area contributed by atoms with Crippen LogP contribution in [0.4, 0.5) is 0 Å². The fraction of sp³-hybridized carbons (Fsp3) is 0.182. The smallest absolute Gasteiger partial charge is 0.123 e. The zero-order chi connectivity index (χ0) is 10.5. The predicted octanol–water partition coefficient (Wildman–Crippen LogP) is 2.18. The molecular formula is C11H12N2OS. The summed E-state index contributed by atoms with van der Waals surface area (Å²) >= 11 is 1.69. The van der Waals surface area contributed by atoms with Gasteiger partial charge in [-0.25, -0.2) is 0 Å². The molecule has 0 aromatic carbocycles. The Labute approximate surface area is 92.5 Å². The van der Waals surface area contributed by atoms with Crippen molar-refractivity contribution in [3.63, 3.8) is 0 Å². The maximum absolute atomic E-state index is 5.61. The van der Waals surface area contributed by atoms with Crippen LogP contribution in [0.15, 0.2) is 35.8 Å². The van der Waals surface area contributed by atoms with E-state index in [-0.39, 0.29) is 0 Å². The summed E-state index contributed by atoms with van der Waals surface area (Å²) in [6.45, 7) is 1.04. The molecule has 0 saturated heterocycles. The number of aromatic nitrogens is 1. The van der Waals surface area contributed by atoms with E-state index in [2.05, 4.69) is 11.1 Å². The summed E-state index contributed by atoms with van der Waals surface area (Å²) in [5, 5.41) is 2.04. The zero-order valence-electron chi connectivity index (χ0n) is 8.22. The van der Waals surface area contributed by atoms with E-state index in [1.807, 2.05) is 23.6 Å². The maximum atomic E-state index is 5.61. The Bertz CT molecular complexity index is 414. The van der Waals surface area contributed by atoms with Gasteiger partial charge in [0.15, 0.2) is 0 Å². The second-order valence-electron chi connectivity index (χ2n) is 3.06. The first-order valence-corrected chi connectivity index (χ1v) is 5.56. The highest BCUT2D eigenvalue weighted by atomic mass is 32.1. The first kappa shape index (κ1) is 10.1. The number of hydrogen-bond donors (Lipinski definition) is 1. The monoisotopic (exact) mass is 220 g/mol. The zero-order valence-corrected chi connectivity index (χ0v) is 9.04. The normalized spacial score (nSPS) is 10.2. The molecule has 0 aliphatic heterocycles. The van der Waals surface area contributed by atoms with Gasteiger partial charge in [0.2, 0.25) is 0 Å². The minimum Gasteiger partial charge on any atom is -0.488 e. The summed E-state index contributed by atoms with van der Waals surface area (Å²) in [6, 6.07) is 7.78. The van der Waals surface area contributed by atoms with Crippen LogP contribution >= 0.6 is 11.3 Å². The van der Waals surface area contributed by atoms with Gasteiger partial charge in [-0.05, 0) is 17.5 Å². The van der Waals surface area contributed by atoms with Crippen LogP contribution in [-0.2, 0) is 13.2 Å². The molecule has 15 heavy (non-hydrogen) atoms. The van der Waals surface area contributed by atoms with Crippen molar-refractivity contribution in [1.82, 2.24) is 4.98 Å². The lowest BCUT2D eigenvalue weighted by molar-refractivity contribution is 0.309. The standard InChI is InChI=1S/C11H12N2OS/c12-7-9-6-10(3-4-13-9)14-8-11-2-1-5-15-11/h1-6H,7-8,12H2. The van der Waals surface area contributed by atoms with Gasteiger partial charge in [-0.2, -0.15) is 0 Å². The van der Waals surface area contributed by atoms with E-state index in [1.165, 1.54) is 4.88 Å². The average molecular weight is 220 g/mol. The Morgan fingerprint density at radius 2 is 2.33 bits per heavy atom. The van der Waals surface area contributed by atoms with Crippen molar-refractivity contribution in [2.24, 2.45) is 5.73 Å². The SMILES string of the molecule is NCc1cc(OCc2cccs2)ccn1. The molecule has 4 heteroatoms. The predicted molar refractivity (Wildman–Crippen MR) is 60.8 cm³/mol. The van der Waals surface area contributed by atoms with E-state index in [0.29, 0.717) is 13.2 Å². The van der Waals surface area contributed by atoms with Crippen molar-refractivity contribution in [3.05, 3.63) is 46.4 Å². The van der Waals surface area contributed by atoms with Crippen molar-refractivity contribution in [1.29, 1.82) is 0 Å². The third kappa shape index (κ3) is 2.78. The Hall–Kier alpha value is -1.39. The molecule has 0 atom stereocenters. The number of hydrogen-bond acceptors (Lipinski definition) is 4. The summed E-state index contributed by atoms with van der Waals surface area (Å²) < 4.78 is 5.61. The molecular weight excluding hydrogens is 208 g/mol. The number of nitrogens with two attached hydrogens (primary N) is 1. The lowest BCUT2D eigenvalue weighted by Gasteiger charge is -2.05. The summed E-state index contributed by atoms with van der Waals surface area (Å²) in [6.07, 6.45) is 1.71. The molecule has 3 nitrogen and oxygen atoms in total. The summed E-state index contributed by atoms with van der Waals surface area (Å²) in [4.78, 5) is 5.31. The van der Waals surface area contributed by atoms with Crippen LogP contribution in [-0.4, -0.2) is 4.98 Å². The molecule has 78 valence electrons. The number of ether oxygens (including phenoxy) is 1. The van der Waals surface area contributed by atoms with E-state index in [1.54, 1.807) is 17.5 Å². The number of rotatable bonds is 4. The van der Waals surface area contributed by atoms with Gasteiger partial charge in [0, 0.05) is 23.7 Å². The van der Waals surface area contributed by atoms with Gasteiger partial charge in [-0.3, -0.25) is 4.98 Å². The molecule has 0 aliphatic rings. The second-order valence-corrected chi connectivity index (χ2v) is 4.09. The van der Waals surface area contributed by atoms with Crippen LogP contribution in [0.25, 0.3) is 0 Å². The maximum Gasteiger partial charge on any atom is 0.123 e. The first-order valence-electron chi connectivity index (χ1n) is 4.68. The largest absolute Gasteiger partial charge is 0.488 e. The van der Waals surface area contributed by atoms with Crippen molar-refractivity contribution < 1.29 is 4.74 Å². The van der Waals surface area contributed by atoms with Crippen LogP contribution in [0.5, 0.6) is 5.75 Å². The van der Waals surface area contributed by atoms with E-state index in [4.69, 9.17) is 10.5 Å². The van der Waals surface area contributed by atoms with Crippen LogP contribution in [0.3, 0.4) is 0 Å². The van der Waals surface area contributed by atoms with Crippen molar-refractivity contribution in [2.45, 2.75) is 13.2 Å². The molecule has 2 N–H and O–H groups in total. The highest BCUT2D eigenvalue weighted by molar-refractivity contribution is 7.09. The highest BCUT2D eigenvalue weighted by Crippen LogP contribution is 2.15. The van der Waals surface area contributed by atoms with Gasteiger partial charge in [-0.15, -0.1) is 11.3 Å². The molecule has 2 aromatic heterocycles. The van der Waals surface area contributed by atoms with Crippen molar-refractivity contribution in [2.75, 3.05) is 0 Å².